The molecule has 1 saturated carbocycles. The average molecular weight is 382 g/mol. The molecule has 1 amide bonds. The monoisotopic (exact) mass is 381 g/mol. The second-order valence-electron chi connectivity index (χ2n) is 7.07. The number of nitrogens with two attached hydrogens (primary N) is 1. The number of rotatable bonds is 6. The van der Waals surface area contributed by atoms with Gasteiger partial charge in [0.1, 0.15) is 5.54 Å². The zero-order valence-corrected chi connectivity index (χ0v) is 16.3. The lowest BCUT2D eigenvalue weighted by atomic mass is 9.54. The molecule has 0 saturated heterocycles. The molecule has 1 aromatic heterocycles. The number of thiazole rings is 1. The molecule has 0 aliphatic heterocycles. The van der Waals surface area contributed by atoms with Crippen LogP contribution in [0.15, 0.2) is 18.2 Å². The van der Waals surface area contributed by atoms with E-state index < -0.39 is 5.54 Å². The second-order valence-corrected chi connectivity index (χ2v) is 8.62. The summed E-state index contributed by atoms with van der Waals surface area (Å²) in [6.45, 7) is 7.09. The third-order valence-electron chi connectivity index (χ3n) is 5.25. The Morgan fingerprint density at radius 3 is 2.96 bits per heavy atom. The molecule has 2 aromatic rings. The molecule has 1 heterocycles. The van der Waals surface area contributed by atoms with Gasteiger partial charge in [0.05, 0.1) is 21.3 Å². The molecule has 2 atom stereocenters. The first kappa shape index (κ1) is 18.6. The molecule has 1 aliphatic carbocycles. The van der Waals surface area contributed by atoms with Gasteiger partial charge in [-0.05, 0) is 25.1 Å². The summed E-state index contributed by atoms with van der Waals surface area (Å²) in [6.07, 6.45) is 1.26. The molecule has 1 aliphatic rings. The first-order valence-corrected chi connectivity index (χ1v) is 9.71. The van der Waals surface area contributed by atoms with Crippen LogP contribution < -0.4 is 11.1 Å². The van der Waals surface area contributed by atoms with Gasteiger partial charge in [-0.25, -0.2) is 4.98 Å². The van der Waals surface area contributed by atoms with Crippen molar-refractivity contribution in [1.29, 1.82) is 0 Å². The van der Waals surface area contributed by atoms with Crippen LogP contribution in [0.3, 0.4) is 0 Å². The summed E-state index contributed by atoms with van der Waals surface area (Å²) in [5, 5.41) is 4.62. The summed E-state index contributed by atoms with van der Waals surface area (Å²) in [5.41, 5.74) is 6.02. The summed E-state index contributed by atoms with van der Waals surface area (Å²) >= 11 is 7.61. The number of hydrogen-bond donors (Lipinski definition) is 2. The van der Waals surface area contributed by atoms with Crippen LogP contribution in [0.5, 0.6) is 0 Å². The van der Waals surface area contributed by atoms with Crippen LogP contribution in [-0.4, -0.2) is 35.7 Å². The van der Waals surface area contributed by atoms with Crippen molar-refractivity contribution in [2.24, 2.45) is 11.1 Å². The van der Waals surface area contributed by atoms with Crippen LogP contribution in [0, 0.1) is 5.41 Å². The van der Waals surface area contributed by atoms with Gasteiger partial charge in [0.25, 0.3) is 0 Å². The van der Waals surface area contributed by atoms with Crippen molar-refractivity contribution in [2.75, 3.05) is 13.2 Å². The van der Waals surface area contributed by atoms with Gasteiger partial charge in [0.15, 0.2) is 0 Å². The number of halogens is 1. The SMILES string of the molecule is CCOC1CC(N)(C(=O)NCCc2nc3cc(Cl)ccc3s2)C1(C)C. The second kappa shape index (κ2) is 6.83. The Hall–Kier alpha value is -1.21. The fourth-order valence-corrected chi connectivity index (χ4v) is 4.43. The highest BCUT2D eigenvalue weighted by molar-refractivity contribution is 7.18. The maximum Gasteiger partial charge on any atom is 0.240 e. The standard InChI is InChI=1S/C18H24ClN3O2S/c1-4-24-14-10-18(20,17(14,2)3)16(23)21-8-7-15-22-12-9-11(19)5-6-13(12)25-15/h5-6,9,14H,4,7-8,10,20H2,1-3H3,(H,21,23). The van der Waals surface area contributed by atoms with Crippen molar-refractivity contribution >= 4 is 39.1 Å². The van der Waals surface area contributed by atoms with Crippen molar-refractivity contribution in [1.82, 2.24) is 10.3 Å². The largest absolute Gasteiger partial charge is 0.378 e. The third kappa shape index (κ3) is 3.28. The van der Waals surface area contributed by atoms with Gasteiger partial charge >= 0.3 is 0 Å². The Labute approximate surface area is 156 Å². The van der Waals surface area contributed by atoms with Gasteiger partial charge in [-0.1, -0.05) is 25.4 Å². The maximum absolute atomic E-state index is 12.6. The van der Waals surface area contributed by atoms with Crippen LogP contribution in [0.25, 0.3) is 10.2 Å². The number of fused-ring (bicyclic) bond motifs is 1. The van der Waals surface area contributed by atoms with Crippen molar-refractivity contribution in [3.8, 4) is 0 Å². The smallest absolute Gasteiger partial charge is 0.240 e. The summed E-state index contributed by atoms with van der Waals surface area (Å²) in [4.78, 5) is 17.2. The molecule has 0 bridgehead atoms. The summed E-state index contributed by atoms with van der Waals surface area (Å²) in [6, 6.07) is 5.69. The molecule has 3 N–H and O–H groups in total. The van der Waals surface area contributed by atoms with E-state index in [1.807, 2.05) is 39.0 Å². The summed E-state index contributed by atoms with van der Waals surface area (Å²) in [5.74, 6) is -0.113. The molecular weight excluding hydrogens is 358 g/mol. The zero-order chi connectivity index (χ0) is 18.2. The molecule has 0 radical (unpaired) electrons. The van der Waals surface area contributed by atoms with E-state index in [-0.39, 0.29) is 17.4 Å². The molecular formula is C18H24ClN3O2S. The average Bonchev–Trinajstić information content (AvgIpc) is 2.96. The lowest BCUT2D eigenvalue weighted by molar-refractivity contribution is -0.170. The molecule has 7 heteroatoms. The maximum atomic E-state index is 12.6. The number of nitrogens with one attached hydrogen (secondary N) is 1. The lowest BCUT2D eigenvalue weighted by Gasteiger charge is -2.57. The van der Waals surface area contributed by atoms with Gasteiger partial charge in [0, 0.05) is 36.4 Å². The predicted molar refractivity (Wildman–Crippen MR) is 102 cm³/mol. The number of carbonyl (C=O) groups is 1. The number of ether oxygens (including phenoxy) is 1. The highest BCUT2D eigenvalue weighted by Gasteiger charge is 2.62. The molecule has 5 nitrogen and oxygen atoms in total. The van der Waals surface area contributed by atoms with E-state index in [1.54, 1.807) is 11.3 Å². The Morgan fingerprint density at radius 1 is 1.52 bits per heavy atom. The van der Waals surface area contributed by atoms with E-state index in [0.29, 0.717) is 31.0 Å². The topological polar surface area (TPSA) is 77.2 Å². The molecule has 1 aromatic carbocycles. The first-order chi connectivity index (χ1) is 11.8. The fourth-order valence-electron chi connectivity index (χ4n) is 3.32. The van der Waals surface area contributed by atoms with Crippen molar-refractivity contribution in [2.45, 2.75) is 45.3 Å². The Kier molecular flexibility index (Phi) is 5.08. The van der Waals surface area contributed by atoms with Crippen molar-refractivity contribution in [3.63, 3.8) is 0 Å². The number of aromatic nitrogens is 1. The van der Waals surface area contributed by atoms with Gasteiger partial charge in [-0.2, -0.15) is 0 Å². The molecule has 3 rings (SSSR count). The van der Waals surface area contributed by atoms with E-state index >= 15 is 0 Å². The minimum absolute atomic E-state index is 0.0299. The highest BCUT2D eigenvalue weighted by atomic mass is 35.5. The van der Waals surface area contributed by atoms with Gasteiger partial charge in [-0.15, -0.1) is 11.3 Å². The lowest BCUT2D eigenvalue weighted by Crippen LogP contribution is -2.75. The zero-order valence-electron chi connectivity index (χ0n) is 14.8. The van der Waals surface area contributed by atoms with E-state index in [2.05, 4.69) is 10.3 Å². The molecule has 136 valence electrons. The summed E-state index contributed by atoms with van der Waals surface area (Å²) in [7, 11) is 0. The number of carbonyl (C=O) groups excluding carboxylic acids is 1. The molecule has 25 heavy (non-hydrogen) atoms. The quantitative estimate of drug-likeness (QED) is 0.805. The van der Waals surface area contributed by atoms with Crippen LogP contribution in [-0.2, 0) is 16.0 Å². The number of benzene rings is 1. The number of nitrogens with zero attached hydrogens (tertiary/aromatic N) is 1. The summed E-state index contributed by atoms with van der Waals surface area (Å²) < 4.78 is 6.77. The highest BCUT2D eigenvalue weighted by Crippen LogP contribution is 2.49. The minimum Gasteiger partial charge on any atom is -0.378 e. The van der Waals surface area contributed by atoms with E-state index in [4.69, 9.17) is 22.1 Å². The van der Waals surface area contributed by atoms with Crippen LogP contribution in [0.2, 0.25) is 5.02 Å². The van der Waals surface area contributed by atoms with E-state index in [9.17, 15) is 4.79 Å². The molecule has 2 unspecified atom stereocenters. The van der Waals surface area contributed by atoms with Gasteiger partial charge < -0.3 is 15.8 Å². The van der Waals surface area contributed by atoms with E-state index in [0.717, 1.165) is 15.2 Å². The predicted octanol–water partition coefficient (Wildman–Crippen LogP) is 3.14. The Bertz CT molecular complexity index is 792. The van der Waals surface area contributed by atoms with Gasteiger partial charge in [-0.3, -0.25) is 4.79 Å². The Balaban J connectivity index is 1.57. The van der Waals surface area contributed by atoms with Gasteiger partial charge in [0.2, 0.25) is 5.91 Å². The van der Waals surface area contributed by atoms with Crippen LogP contribution in [0.4, 0.5) is 0 Å². The minimum atomic E-state index is -0.881. The third-order valence-corrected chi connectivity index (χ3v) is 6.58. The molecule has 0 spiro atoms. The number of amides is 1. The first-order valence-electron chi connectivity index (χ1n) is 8.51. The Morgan fingerprint density at radius 2 is 2.28 bits per heavy atom. The fraction of sp³-hybridized carbons (Fsp3) is 0.556. The number of hydrogen-bond acceptors (Lipinski definition) is 5. The van der Waals surface area contributed by atoms with Crippen LogP contribution in [0.1, 0.15) is 32.2 Å². The normalized spacial score (nSPS) is 24.9. The van der Waals surface area contributed by atoms with E-state index in [1.165, 1.54) is 0 Å². The van der Waals surface area contributed by atoms with Crippen molar-refractivity contribution < 1.29 is 9.53 Å². The van der Waals surface area contributed by atoms with Crippen molar-refractivity contribution in [3.05, 3.63) is 28.2 Å². The van der Waals surface area contributed by atoms with Crippen LogP contribution >= 0.6 is 22.9 Å². The molecule has 1 fully saturated rings.